The van der Waals surface area contributed by atoms with Gasteiger partial charge in [-0.25, -0.2) is 0 Å². The standard InChI is InChI=1S/C10H16BrN5O2/c11-8-7(9(12)17)10(15-14-8)13-1-2-16-3-5-18-6-4-16/h1-6H2,(H2,12,17)(H2,13,14,15). The topological polar surface area (TPSA) is 96.3 Å². The van der Waals surface area contributed by atoms with Crippen molar-refractivity contribution < 1.29 is 9.53 Å². The Kier molecular flexibility index (Phi) is 4.56. The highest BCUT2D eigenvalue weighted by molar-refractivity contribution is 9.10. The third-order valence-corrected chi connectivity index (χ3v) is 3.37. The number of nitrogens with one attached hydrogen (secondary N) is 2. The summed E-state index contributed by atoms with van der Waals surface area (Å²) in [6.45, 7) is 5.02. The molecule has 1 fully saturated rings. The molecule has 0 radical (unpaired) electrons. The first kappa shape index (κ1) is 13.3. The molecule has 0 unspecified atom stereocenters. The van der Waals surface area contributed by atoms with E-state index < -0.39 is 5.91 Å². The largest absolute Gasteiger partial charge is 0.379 e. The van der Waals surface area contributed by atoms with E-state index in [0.717, 1.165) is 32.8 Å². The van der Waals surface area contributed by atoms with Crippen LogP contribution in [0.1, 0.15) is 10.4 Å². The number of aromatic amines is 1. The average Bonchev–Trinajstić information content (AvgIpc) is 2.72. The number of nitrogens with zero attached hydrogens (tertiary/aromatic N) is 2. The lowest BCUT2D eigenvalue weighted by atomic mass is 10.3. The molecule has 1 aliphatic heterocycles. The number of anilines is 1. The fourth-order valence-corrected chi connectivity index (χ4v) is 2.30. The van der Waals surface area contributed by atoms with Crippen molar-refractivity contribution in [2.24, 2.45) is 5.73 Å². The van der Waals surface area contributed by atoms with E-state index in [2.05, 4.69) is 36.3 Å². The minimum Gasteiger partial charge on any atom is -0.379 e. The second-order valence-electron chi connectivity index (χ2n) is 4.01. The molecule has 18 heavy (non-hydrogen) atoms. The molecule has 0 atom stereocenters. The monoisotopic (exact) mass is 317 g/mol. The van der Waals surface area contributed by atoms with Crippen molar-refractivity contribution in [1.82, 2.24) is 15.1 Å². The molecule has 2 heterocycles. The van der Waals surface area contributed by atoms with Crippen LogP contribution in [0.15, 0.2) is 4.60 Å². The first-order valence-electron chi connectivity index (χ1n) is 5.76. The SMILES string of the molecule is NC(=O)c1c(NCCN2CCOCC2)n[nH]c1Br. The van der Waals surface area contributed by atoms with Gasteiger partial charge in [0.2, 0.25) is 0 Å². The van der Waals surface area contributed by atoms with Crippen molar-refractivity contribution in [2.75, 3.05) is 44.7 Å². The summed E-state index contributed by atoms with van der Waals surface area (Å²) in [6, 6.07) is 0. The Morgan fingerprint density at radius 2 is 2.28 bits per heavy atom. The zero-order chi connectivity index (χ0) is 13.0. The van der Waals surface area contributed by atoms with Gasteiger partial charge in [0.05, 0.1) is 13.2 Å². The van der Waals surface area contributed by atoms with Crippen molar-refractivity contribution in [3.63, 3.8) is 0 Å². The fraction of sp³-hybridized carbons (Fsp3) is 0.600. The average molecular weight is 318 g/mol. The van der Waals surface area contributed by atoms with Gasteiger partial charge in [-0.15, -0.1) is 0 Å². The second kappa shape index (κ2) is 6.17. The lowest BCUT2D eigenvalue weighted by molar-refractivity contribution is 0.0398. The molecule has 0 aromatic carbocycles. The van der Waals surface area contributed by atoms with Gasteiger partial charge >= 0.3 is 0 Å². The first-order valence-corrected chi connectivity index (χ1v) is 6.55. The number of carbonyl (C=O) groups excluding carboxylic acids is 1. The Balaban J connectivity index is 1.84. The van der Waals surface area contributed by atoms with Crippen LogP contribution in [0.25, 0.3) is 0 Å². The maximum Gasteiger partial charge on any atom is 0.255 e. The third kappa shape index (κ3) is 3.21. The summed E-state index contributed by atoms with van der Waals surface area (Å²) in [5, 5.41) is 9.78. The van der Waals surface area contributed by atoms with E-state index in [1.165, 1.54) is 0 Å². The maximum atomic E-state index is 11.2. The summed E-state index contributed by atoms with van der Waals surface area (Å²) >= 11 is 3.20. The predicted octanol–water partition coefficient (Wildman–Crippen LogP) is 0.0152. The van der Waals surface area contributed by atoms with Gasteiger partial charge in [-0.05, 0) is 15.9 Å². The highest BCUT2D eigenvalue weighted by atomic mass is 79.9. The molecule has 0 aliphatic carbocycles. The van der Waals surface area contributed by atoms with E-state index in [4.69, 9.17) is 10.5 Å². The minimum atomic E-state index is -0.510. The number of rotatable bonds is 5. The lowest BCUT2D eigenvalue weighted by Gasteiger charge is -2.26. The van der Waals surface area contributed by atoms with Crippen molar-refractivity contribution in [2.45, 2.75) is 0 Å². The minimum absolute atomic E-state index is 0.358. The zero-order valence-electron chi connectivity index (χ0n) is 9.91. The van der Waals surface area contributed by atoms with Crippen LogP contribution in [0.3, 0.4) is 0 Å². The molecule has 1 aromatic rings. The summed E-state index contributed by atoms with van der Waals surface area (Å²) < 4.78 is 5.78. The van der Waals surface area contributed by atoms with Crippen LogP contribution < -0.4 is 11.1 Å². The van der Waals surface area contributed by atoms with Crippen LogP contribution in [0.4, 0.5) is 5.82 Å². The number of halogens is 1. The van der Waals surface area contributed by atoms with Gasteiger partial charge in [-0.2, -0.15) is 5.10 Å². The van der Waals surface area contributed by atoms with Crippen molar-refractivity contribution >= 4 is 27.7 Å². The fourth-order valence-electron chi connectivity index (χ4n) is 1.83. The first-order chi connectivity index (χ1) is 8.68. The quantitative estimate of drug-likeness (QED) is 0.711. The highest BCUT2D eigenvalue weighted by Crippen LogP contribution is 2.20. The van der Waals surface area contributed by atoms with Gasteiger partial charge in [0.1, 0.15) is 10.2 Å². The Labute approximate surface area is 113 Å². The van der Waals surface area contributed by atoms with Gasteiger partial charge in [-0.1, -0.05) is 0 Å². The van der Waals surface area contributed by atoms with Crippen molar-refractivity contribution in [3.05, 3.63) is 10.2 Å². The number of ether oxygens (including phenoxy) is 1. The summed E-state index contributed by atoms with van der Waals surface area (Å²) in [7, 11) is 0. The molecule has 2 rings (SSSR count). The van der Waals surface area contributed by atoms with Gasteiger partial charge in [0.25, 0.3) is 5.91 Å². The van der Waals surface area contributed by atoms with Gasteiger partial charge < -0.3 is 15.8 Å². The predicted molar refractivity (Wildman–Crippen MR) is 70.6 cm³/mol. The van der Waals surface area contributed by atoms with Crippen molar-refractivity contribution in [3.8, 4) is 0 Å². The third-order valence-electron chi connectivity index (χ3n) is 2.79. The Morgan fingerprint density at radius 3 is 2.94 bits per heavy atom. The molecule has 100 valence electrons. The van der Waals surface area contributed by atoms with Gasteiger partial charge in [0, 0.05) is 26.2 Å². The van der Waals surface area contributed by atoms with Crippen molar-refractivity contribution in [1.29, 1.82) is 0 Å². The van der Waals surface area contributed by atoms with Crippen LogP contribution in [-0.2, 0) is 4.74 Å². The number of primary amides is 1. The van der Waals surface area contributed by atoms with E-state index >= 15 is 0 Å². The number of hydrogen-bond acceptors (Lipinski definition) is 5. The number of carbonyl (C=O) groups is 1. The number of morpholine rings is 1. The molecule has 1 amide bonds. The zero-order valence-corrected chi connectivity index (χ0v) is 11.5. The summed E-state index contributed by atoms with van der Waals surface area (Å²) in [6.07, 6.45) is 0. The van der Waals surface area contributed by atoms with Crippen LogP contribution in [-0.4, -0.2) is 60.4 Å². The van der Waals surface area contributed by atoms with Crippen LogP contribution in [0.5, 0.6) is 0 Å². The molecular weight excluding hydrogens is 302 g/mol. The lowest BCUT2D eigenvalue weighted by Crippen LogP contribution is -2.39. The molecule has 0 spiro atoms. The summed E-state index contributed by atoms with van der Waals surface area (Å²) in [4.78, 5) is 13.5. The van der Waals surface area contributed by atoms with E-state index in [1.54, 1.807) is 0 Å². The molecule has 1 aromatic heterocycles. The normalized spacial score (nSPS) is 16.7. The van der Waals surface area contributed by atoms with Crippen LogP contribution >= 0.6 is 15.9 Å². The van der Waals surface area contributed by atoms with Crippen LogP contribution in [0, 0.1) is 0 Å². The highest BCUT2D eigenvalue weighted by Gasteiger charge is 2.16. The molecule has 8 heteroatoms. The molecule has 1 aliphatic rings. The molecular formula is C10H16BrN5O2. The Morgan fingerprint density at radius 1 is 1.56 bits per heavy atom. The number of nitrogens with two attached hydrogens (primary N) is 1. The second-order valence-corrected chi connectivity index (χ2v) is 4.80. The summed E-state index contributed by atoms with van der Waals surface area (Å²) in [5.41, 5.74) is 5.64. The summed E-state index contributed by atoms with van der Waals surface area (Å²) in [5.74, 6) is -0.0212. The molecule has 7 nitrogen and oxygen atoms in total. The van der Waals surface area contributed by atoms with E-state index in [-0.39, 0.29) is 0 Å². The smallest absolute Gasteiger partial charge is 0.255 e. The van der Waals surface area contributed by atoms with E-state index in [0.29, 0.717) is 22.5 Å². The Hall–Kier alpha value is -1.12. The van der Waals surface area contributed by atoms with Crippen LogP contribution in [0.2, 0.25) is 0 Å². The Bertz CT molecular complexity index is 416. The molecule has 0 bridgehead atoms. The number of H-pyrrole nitrogens is 1. The van der Waals surface area contributed by atoms with Gasteiger partial charge in [0.15, 0.2) is 5.82 Å². The number of aromatic nitrogens is 2. The molecule has 1 saturated heterocycles. The maximum absolute atomic E-state index is 11.2. The molecule has 4 N–H and O–H groups in total. The molecule has 0 saturated carbocycles. The van der Waals surface area contributed by atoms with E-state index in [1.807, 2.05) is 0 Å². The number of amides is 1. The number of hydrogen-bond donors (Lipinski definition) is 3. The van der Waals surface area contributed by atoms with E-state index in [9.17, 15) is 4.79 Å². The van der Waals surface area contributed by atoms with Gasteiger partial charge in [-0.3, -0.25) is 14.8 Å².